The van der Waals surface area contributed by atoms with E-state index in [0.717, 1.165) is 12.8 Å². The Kier molecular flexibility index (Phi) is 3.53. The van der Waals surface area contributed by atoms with E-state index in [4.69, 9.17) is 0 Å². The van der Waals surface area contributed by atoms with Gasteiger partial charge in [0.05, 0.1) is 10.5 Å². The fourth-order valence-corrected chi connectivity index (χ4v) is 2.99. The summed E-state index contributed by atoms with van der Waals surface area (Å²) < 4.78 is 29.4. The van der Waals surface area contributed by atoms with E-state index in [2.05, 4.69) is 31.5 Å². The van der Waals surface area contributed by atoms with Crippen LogP contribution in [0, 0.1) is 11.6 Å². The average molecular weight is 347 g/mol. The molecule has 1 aliphatic rings. The molecule has 100 valence electrons. The van der Waals surface area contributed by atoms with Gasteiger partial charge in [0.15, 0.2) is 0 Å². The van der Waals surface area contributed by atoms with Crippen molar-refractivity contribution in [1.29, 1.82) is 0 Å². The van der Waals surface area contributed by atoms with E-state index in [1.807, 2.05) is 0 Å². The van der Waals surface area contributed by atoms with Gasteiger partial charge in [-0.15, -0.1) is 5.10 Å². The molecule has 0 N–H and O–H groups in total. The zero-order valence-corrected chi connectivity index (χ0v) is 12.1. The minimum atomic E-state index is -0.571. The van der Waals surface area contributed by atoms with Gasteiger partial charge < -0.3 is 0 Å². The lowest BCUT2D eigenvalue weighted by Gasteiger charge is -2.06. The molecule has 0 saturated heterocycles. The van der Waals surface area contributed by atoms with Crippen LogP contribution in [0.1, 0.15) is 24.4 Å². The van der Waals surface area contributed by atoms with Crippen LogP contribution in [0.25, 0.3) is 0 Å². The van der Waals surface area contributed by atoms with Crippen molar-refractivity contribution >= 4 is 27.7 Å². The minimum absolute atomic E-state index is 0.0321. The number of halogens is 3. The first kappa shape index (κ1) is 13.0. The molecule has 0 bridgehead atoms. The first-order valence-electron chi connectivity index (χ1n) is 5.70. The Hall–Kier alpha value is -1.02. The Morgan fingerprint density at radius 2 is 2.16 bits per heavy atom. The van der Waals surface area contributed by atoms with Gasteiger partial charge >= 0.3 is 0 Å². The largest absolute Gasteiger partial charge is 0.217 e. The number of hydrogen-bond donors (Lipinski definition) is 0. The quantitative estimate of drug-likeness (QED) is 0.629. The van der Waals surface area contributed by atoms with E-state index in [0.29, 0.717) is 11.2 Å². The highest BCUT2D eigenvalue weighted by atomic mass is 79.9. The molecule has 0 atom stereocenters. The summed E-state index contributed by atoms with van der Waals surface area (Å²) in [7, 11) is 0. The van der Waals surface area contributed by atoms with Gasteiger partial charge in [-0.05, 0) is 51.3 Å². The number of benzene rings is 1. The molecule has 1 aliphatic carbocycles. The predicted molar refractivity (Wildman–Crippen MR) is 69.7 cm³/mol. The molecule has 1 aromatic heterocycles. The van der Waals surface area contributed by atoms with Crippen LogP contribution in [-0.4, -0.2) is 20.2 Å². The van der Waals surface area contributed by atoms with Crippen molar-refractivity contribution in [2.24, 2.45) is 0 Å². The van der Waals surface area contributed by atoms with Crippen molar-refractivity contribution in [2.75, 3.05) is 0 Å². The van der Waals surface area contributed by atoms with Crippen LogP contribution in [0.2, 0.25) is 0 Å². The summed E-state index contributed by atoms with van der Waals surface area (Å²) in [5, 5.41) is 12.0. The molecular formula is C11H9BrF2N4S. The summed E-state index contributed by atoms with van der Waals surface area (Å²) in [6.07, 6.45) is 2.11. The van der Waals surface area contributed by atoms with E-state index in [9.17, 15) is 8.78 Å². The van der Waals surface area contributed by atoms with Crippen LogP contribution in [0.3, 0.4) is 0 Å². The summed E-state index contributed by atoms with van der Waals surface area (Å²) in [6, 6.07) is 2.94. The first-order chi connectivity index (χ1) is 9.16. The van der Waals surface area contributed by atoms with Crippen LogP contribution in [0.15, 0.2) is 21.8 Å². The molecule has 0 amide bonds. The monoisotopic (exact) mass is 346 g/mol. The third kappa shape index (κ3) is 2.64. The summed E-state index contributed by atoms with van der Waals surface area (Å²) in [5.41, 5.74) is 0.0321. The van der Waals surface area contributed by atoms with E-state index >= 15 is 0 Å². The van der Waals surface area contributed by atoms with E-state index in [1.54, 1.807) is 4.68 Å². The summed E-state index contributed by atoms with van der Waals surface area (Å²) in [5.74, 6) is -0.971. The Balaban J connectivity index is 1.79. The Morgan fingerprint density at radius 1 is 1.37 bits per heavy atom. The van der Waals surface area contributed by atoms with Crippen LogP contribution in [-0.2, 0) is 5.75 Å². The normalized spacial score (nSPS) is 14.9. The smallest absolute Gasteiger partial charge is 0.209 e. The number of nitrogens with zero attached hydrogens (tertiary/aromatic N) is 4. The van der Waals surface area contributed by atoms with Crippen LogP contribution in [0.4, 0.5) is 8.78 Å². The van der Waals surface area contributed by atoms with Gasteiger partial charge in [-0.3, -0.25) is 0 Å². The van der Waals surface area contributed by atoms with Crippen molar-refractivity contribution in [3.63, 3.8) is 0 Å². The third-order valence-electron chi connectivity index (χ3n) is 2.84. The summed E-state index contributed by atoms with van der Waals surface area (Å²) in [6.45, 7) is 0. The third-order valence-corrected chi connectivity index (χ3v) is 4.41. The number of rotatable bonds is 4. The van der Waals surface area contributed by atoms with Crippen molar-refractivity contribution < 1.29 is 8.78 Å². The number of thioether (sulfide) groups is 1. The maximum Gasteiger partial charge on any atom is 0.209 e. The number of aromatic nitrogens is 4. The molecule has 2 aromatic rings. The molecule has 4 nitrogen and oxygen atoms in total. The Labute approximate surface area is 120 Å². The molecule has 0 spiro atoms. The van der Waals surface area contributed by atoms with Gasteiger partial charge in [-0.25, -0.2) is 13.5 Å². The van der Waals surface area contributed by atoms with Gasteiger partial charge in [0.1, 0.15) is 11.6 Å². The lowest BCUT2D eigenvalue weighted by atomic mass is 10.2. The predicted octanol–water partition coefficient (Wildman–Crippen LogP) is 3.34. The zero-order valence-electron chi connectivity index (χ0n) is 9.68. The fraction of sp³-hybridized carbons (Fsp3) is 0.364. The topological polar surface area (TPSA) is 43.6 Å². The number of tetrazole rings is 1. The summed E-state index contributed by atoms with van der Waals surface area (Å²) in [4.78, 5) is 0. The van der Waals surface area contributed by atoms with Gasteiger partial charge in [0.2, 0.25) is 5.16 Å². The molecule has 1 aromatic carbocycles. The minimum Gasteiger partial charge on any atom is -0.217 e. The lowest BCUT2D eigenvalue weighted by Crippen LogP contribution is -2.00. The van der Waals surface area contributed by atoms with Crippen molar-refractivity contribution in [2.45, 2.75) is 29.8 Å². The van der Waals surface area contributed by atoms with E-state index in [-0.39, 0.29) is 15.8 Å². The SMILES string of the molecule is Fc1ccc(Br)c(F)c1CSc1nnnn1C1CC1. The molecule has 0 unspecified atom stereocenters. The molecule has 3 rings (SSSR count). The van der Waals surface area contributed by atoms with Crippen molar-refractivity contribution in [3.05, 3.63) is 33.8 Å². The second-order valence-electron chi connectivity index (χ2n) is 4.25. The summed E-state index contributed by atoms with van der Waals surface area (Å²) >= 11 is 4.29. The molecule has 1 heterocycles. The molecular weight excluding hydrogens is 338 g/mol. The second kappa shape index (κ2) is 5.16. The van der Waals surface area contributed by atoms with Crippen molar-refractivity contribution in [1.82, 2.24) is 20.2 Å². The second-order valence-corrected chi connectivity index (χ2v) is 6.04. The molecule has 1 saturated carbocycles. The zero-order chi connectivity index (χ0) is 13.4. The fourth-order valence-electron chi connectivity index (χ4n) is 1.67. The standard InChI is InChI=1S/C11H9BrF2N4S/c12-8-3-4-9(13)7(10(8)14)5-19-11-15-16-17-18(11)6-1-2-6/h3-4,6H,1-2,5H2. The van der Waals surface area contributed by atoms with Gasteiger partial charge in [-0.2, -0.15) is 0 Å². The van der Waals surface area contributed by atoms with Crippen LogP contribution >= 0.6 is 27.7 Å². The maximum atomic E-state index is 13.8. The first-order valence-corrected chi connectivity index (χ1v) is 7.47. The van der Waals surface area contributed by atoms with Gasteiger partial charge in [-0.1, -0.05) is 11.8 Å². The van der Waals surface area contributed by atoms with E-state index < -0.39 is 11.6 Å². The number of hydrogen-bond acceptors (Lipinski definition) is 4. The Bertz CT molecular complexity index is 615. The lowest BCUT2D eigenvalue weighted by molar-refractivity contribution is 0.558. The Morgan fingerprint density at radius 3 is 2.89 bits per heavy atom. The van der Waals surface area contributed by atoms with Crippen LogP contribution < -0.4 is 0 Å². The average Bonchev–Trinajstić information content (AvgIpc) is 3.14. The van der Waals surface area contributed by atoms with Crippen LogP contribution in [0.5, 0.6) is 0 Å². The highest BCUT2D eigenvalue weighted by molar-refractivity contribution is 9.10. The molecule has 0 aliphatic heterocycles. The van der Waals surface area contributed by atoms with Crippen molar-refractivity contribution in [3.8, 4) is 0 Å². The molecule has 19 heavy (non-hydrogen) atoms. The van der Waals surface area contributed by atoms with Gasteiger partial charge in [0.25, 0.3) is 0 Å². The highest BCUT2D eigenvalue weighted by Crippen LogP contribution is 2.37. The highest BCUT2D eigenvalue weighted by Gasteiger charge is 2.28. The molecule has 8 heteroatoms. The molecule has 1 fully saturated rings. The van der Waals surface area contributed by atoms with Gasteiger partial charge in [0, 0.05) is 11.3 Å². The molecule has 0 radical (unpaired) electrons. The van der Waals surface area contributed by atoms with E-state index in [1.165, 1.54) is 23.9 Å². The maximum absolute atomic E-state index is 13.8.